The van der Waals surface area contributed by atoms with Crippen molar-refractivity contribution in [2.75, 3.05) is 0 Å². The van der Waals surface area contributed by atoms with Gasteiger partial charge in [-0.15, -0.1) is 12.3 Å². The SMILES string of the molecule is C#CCc1cc(O)ccc1O. The number of benzene rings is 1. The van der Waals surface area contributed by atoms with Crippen LogP contribution in [0.15, 0.2) is 18.2 Å². The number of rotatable bonds is 1. The lowest BCUT2D eigenvalue weighted by Gasteiger charge is -1.99. The Morgan fingerprint density at radius 2 is 2.09 bits per heavy atom. The largest absolute Gasteiger partial charge is 0.508 e. The van der Waals surface area contributed by atoms with Gasteiger partial charge in [0.1, 0.15) is 11.5 Å². The molecule has 0 aliphatic carbocycles. The number of hydrogen-bond donors (Lipinski definition) is 2. The molecule has 0 bridgehead atoms. The number of terminal acetylenes is 1. The zero-order chi connectivity index (χ0) is 8.27. The molecule has 0 fully saturated rings. The number of phenolic OH excluding ortho intramolecular Hbond substituents is 2. The minimum absolute atomic E-state index is 0.119. The van der Waals surface area contributed by atoms with Crippen LogP contribution in [-0.4, -0.2) is 10.2 Å². The topological polar surface area (TPSA) is 40.5 Å². The molecule has 0 amide bonds. The quantitative estimate of drug-likeness (QED) is 0.465. The Labute approximate surface area is 65.1 Å². The van der Waals surface area contributed by atoms with Gasteiger partial charge in [0, 0.05) is 12.0 Å². The second-order valence-electron chi connectivity index (χ2n) is 2.19. The van der Waals surface area contributed by atoms with Crippen LogP contribution in [0.1, 0.15) is 5.56 Å². The molecule has 0 spiro atoms. The summed E-state index contributed by atoms with van der Waals surface area (Å²) in [6, 6.07) is 4.28. The first kappa shape index (κ1) is 7.49. The Morgan fingerprint density at radius 3 is 2.73 bits per heavy atom. The van der Waals surface area contributed by atoms with Gasteiger partial charge in [-0.05, 0) is 18.2 Å². The van der Waals surface area contributed by atoms with Gasteiger partial charge < -0.3 is 10.2 Å². The Kier molecular flexibility index (Phi) is 2.03. The summed E-state index contributed by atoms with van der Waals surface area (Å²) in [5.74, 6) is 2.63. The van der Waals surface area contributed by atoms with Crippen molar-refractivity contribution in [3.63, 3.8) is 0 Å². The van der Waals surface area contributed by atoms with Gasteiger partial charge in [-0.1, -0.05) is 0 Å². The molecule has 11 heavy (non-hydrogen) atoms. The maximum Gasteiger partial charge on any atom is 0.120 e. The van der Waals surface area contributed by atoms with E-state index >= 15 is 0 Å². The van der Waals surface area contributed by atoms with Crippen LogP contribution in [-0.2, 0) is 6.42 Å². The molecule has 2 N–H and O–H groups in total. The van der Waals surface area contributed by atoms with Gasteiger partial charge >= 0.3 is 0 Å². The molecule has 0 radical (unpaired) electrons. The van der Waals surface area contributed by atoms with Crippen molar-refractivity contribution in [2.24, 2.45) is 0 Å². The highest BCUT2D eigenvalue weighted by Gasteiger charge is 1.99. The zero-order valence-corrected chi connectivity index (χ0v) is 5.91. The highest BCUT2D eigenvalue weighted by molar-refractivity contribution is 5.40. The Bertz CT molecular complexity index is 297. The summed E-state index contributed by atoms with van der Waals surface area (Å²) in [4.78, 5) is 0. The third-order valence-corrected chi connectivity index (χ3v) is 1.36. The Hall–Kier alpha value is -1.62. The first-order valence-corrected chi connectivity index (χ1v) is 3.18. The molecule has 1 aromatic rings. The summed E-state index contributed by atoms with van der Waals surface area (Å²) < 4.78 is 0. The van der Waals surface area contributed by atoms with E-state index in [1.807, 2.05) is 0 Å². The van der Waals surface area contributed by atoms with Crippen LogP contribution < -0.4 is 0 Å². The van der Waals surface area contributed by atoms with Crippen LogP contribution in [0.4, 0.5) is 0 Å². The molecule has 0 aliphatic heterocycles. The summed E-state index contributed by atoms with van der Waals surface area (Å²) in [5, 5.41) is 18.1. The summed E-state index contributed by atoms with van der Waals surface area (Å²) in [7, 11) is 0. The van der Waals surface area contributed by atoms with E-state index in [2.05, 4.69) is 5.92 Å². The second-order valence-corrected chi connectivity index (χ2v) is 2.19. The van der Waals surface area contributed by atoms with Gasteiger partial charge in [0.2, 0.25) is 0 Å². The molecule has 1 aromatic carbocycles. The molecule has 0 saturated carbocycles. The Morgan fingerprint density at radius 1 is 1.36 bits per heavy atom. The van der Waals surface area contributed by atoms with Crippen molar-refractivity contribution in [1.82, 2.24) is 0 Å². The van der Waals surface area contributed by atoms with Crippen LogP contribution in [0.25, 0.3) is 0 Å². The predicted molar refractivity (Wildman–Crippen MR) is 42.3 cm³/mol. The standard InChI is InChI=1S/C9H8O2/c1-2-3-7-6-8(10)4-5-9(7)11/h1,4-6,10-11H,3H2. The average molecular weight is 148 g/mol. The van der Waals surface area contributed by atoms with Crippen molar-refractivity contribution in [3.05, 3.63) is 23.8 Å². The van der Waals surface area contributed by atoms with Crippen molar-refractivity contribution in [3.8, 4) is 23.8 Å². The van der Waals surface area contributed by atoms with Gasteiger partial charge in [0.05, 0.1) is 0 Å². The molecule has 1 rings (SSSR count). The number of hydrogen-bond acceptors (Lipinski definition) is 2. The van der Waals surface area contributed by atoms with Gasteiger partial charge in [-0.25, -0.2) is 0 Å². The third kappa shape index (κ3) is 1.65. The van der Waals surface area contributed by atoms with E-state index < -0.39 is 0 Å². The minimum Gasteiger partial charge on any atom is -0.508 e. The lowest BCUT2D eigenvalue weighted by molar-refractivity contribution is 0.455. The summed E-state index contributed by atoms with van der Waals surface area (Å²) >= 11 is 0. The van der Waals surface area contributed by atoms with E-state index in [9.17, 15) is 0 Å². The molecule has 0 aromatic heterocycles. The van der Waals surface area contributed by atoms with Gasteiger partial charge in [0.15, 0.2) is 0 Å². The second kappa shape index (κ2) is 2.98. The molecular formula is C9H8O2. The van der Waals surface area contributed by atoms with Crippen LogP contribution in [0, 0.1) is 12.3 Å². The first-order chi connectivity index (χ1) is 5.24. The van der Waals surface area contributed by atoms with Crippen molar-refractivity contribution in [1.29, 1.82) is 0 Å². The van der Waals surface area contributed by atoms with Crippen LogP contribution in [0.5, 0.6) is 11.5 Å². The van der Waals surface area contributed by atoms with Gasteiger partial charge in [0.25, 0.3) is 0 Å². The van der Waals surface area contributed by atoms with Crippen LogP contribution in [0.2, 0.25) is 0 Å². The maximum absolute atomic E-state index is 9.16. The molecule has 2 heteroatoms. The number of aromatic hydroxyl groups is 2. The lowest BCUT2D eigenvalue weighted by Crippen LogP contribution is -1.81. The van der Waals surface area contributed by atoms with E-state index in [4.69, 9.17) is 16.6 Å². The van der Waals surface area contributed by atoms with Gasteiger partial charge in [-0.3, -0.25) is 0 Å². The van der Waals surface area contributed by atoms with Gasteiger partial charge in [-0.2, -0.15) is 0 Å². The minimum atomic E-state index is 0.119. The lowest BCUT2D eigenvalue weighted by atomic mass is 10.1. The molecule has 0 aliphatic rings. The highest BCUT2D eigenvalue weighted by atomic mass is 16.3. The highest BCUT2D eigenvalue weighted by Crippen LogP contribution is 2.21. The van der Waals surface area contributed by atoms with E-state index in [1.54, 1.807) is 0 Å². The normalized spacial score (nSPS) is 9.00. The fourth-order valence-electron chi connectivity index (χ4n) is 0.823. The van der Waals surface area contributed by atoms with E-state index in [0.29, 0.717) is 12.0 Å². The monoisotopic (exact) mass is 148 g/mol. The molecule has 0 heterocycles. The average Bonchev–Trinajstić information content (AvgIpc) is 1.98. The van der Waals surface area contributed by atoms with E-state index in [1.165, 1.54) is 18.2 Å². The third-order valence-electron chi connectivity index (χ3n) is 1.36. The predicted octanol–water partition coefficient (Wildman–Crippen LogP) is 1.27. The van der Waals surface area contributed by atoms with Crippen molar-refractivity contribution < 1.29 is 10.2 Å². The van der Waals surface area contributed by atoms with Crippen molar-refractivity contribution in [2.45, 2.75) is 6.42 Å². The molecule has 0 unspecified atom stereocenters. The fraction of sp³-hybridized carbons (Fsp3) is 0.111. The molecule has 56 valence electrons. The summed E-state index contributed by atoms with van der Waals surface area (Å²) in [6.45, 7) is 0. The molecule has 0 saturated heterocycles. The van der Waals surface area contributed by atoms with E-state index in [-0.39, 0.29) is 11.5 Å². The summed E-state index contributed by atoms with van der Waals surface area (Å²) in [5.41, 5.74) is 0.576. The molecule has 2 nitrogen and oxygen atoms in total. The maximum atomic E-state index is 9.16. The summed E-state index contributed by atoms with van der Waals surface area (Å²) in [6.07, 6.45) is 5.37. The first-order valence-electron chi connectivity index (χ1n) is 3.18. The zero-order valence-electron chi connectivity index (χ0n) is 5.91. The molecular weight excluding hydrogens is 140 g/mol. The Balaban J connectivity index is 3.05. The number of phenols is 2. The van der Waals surface area contributed by atoms with E-state index in [0.717, 1.165) is 0 Å². The molecule has 0 atom stereocenters. The van der Waals surface area contributed by atoms with Crippen LogP contribution >= 0.6 is 0 Å². The smallest absolute Gasteiger partial charge is 0.120 e. The fourth-order valence-corrected chi connectivity index (χ4v) is 0.823. The van der Waals surface area contributed by atoms with Crippen LogP contribution in [0.3, 0.4) is 0 Å². The van der Waals surface area contributed by atoms with Crippen molar-refractivity contribution >= 4 is 0 Å².